The van der Waals surface area contributed by atoms with Crippen LogP contribution in [-0.2, 0) is 9.59 Å². The van der Waals surface area contributed by atoms with Gasteiger partial charge in [-0.15, -0.1) is 0 Å². The number of nitrogens with zero attached hydrogens (tertiary/aromatic N) is 1. The van der Waals surface area contributed by atoms with Gasteiger partial charge in [0.1, 0.15) is 6.54 Å². The van der Waals surface area contributed by atoms with Gasteiger partial charge in [-0.3, -0.25) is 19.3 Å². The maximum absolute atomic E-state index is 12.5. The zero-order chi connectivity index (χ0) is 20.3. The predicted octanol–water partition coefficient (Wildman–Crippen LogP) is 3.38. The van der Waals surface area contributed by atoms with E-state index in [9.17, 15) is 19.5 Å². The van der Waals surface area contributed by atoms with Gasteiger partial charge in [0.15, 0.2) is 11.5 Å². The Morgan fingerprint density at radius 1 is 1.25 bits per heavy atom. The number of imide groups is 1. The number of phenolic OH excluding ortho intramolecular Hbond substituents is 1. The Bertz CT molecular complexity index is 986. The molecule has 144 valence electrons. The van der Waals surface area contributed by atoms with Crippen LogP contribution in [0.4, 0.5) is 10.5 Å². The number of hydrogen-bond acceptors (Lipinski definition) is 6. The van der Waals surface area contributed by atoms with Gasteiger partial charge in [-0.05, 0) is 60.2 Å². The number of rotatable bonds is 5. The number of methoxy groups -OCH3 is 1. The van der Waals surface area contributed by atoms with Crippen molar-refractivity contribution in [1.82, 2.24) is 4.90 Å². The van der Waals surface area contributed by atoms with Gasteiger partial charge in [0, 0.05) is 5.69 Å². The Balaban J connectivity index is 1.72. The lowest BCUT2D eigenvalue weighted by molar-refractivity contribution is -0.127. The van der Waals surface area contributed by atoms with Crippen LogP contribution in [0.3, 0.4) is 0 Å². The van der Waals surface area contributed by atoms with Crippen molar-refractivity contribution in [3.8, 4) is 11.5 Å². The van der Waals surface area contributed by atoms with E-state index in [1.807, 2.05) is 13.0 Å². The van der Waals surface area contributed by atoms with Crippen molar-refractivity contribution >= 4 is 40.6 Å². The highest BCUT2D eigenvalue weighted by molar-refractivity contribution is 8.18. The van der Waals surface area contributed by atoms with E-state index in [0.717, 1.165) is 22.2 Å². The lowest BCUT2D eigenvalue weighted by Gasteiger charge is -2.12. The zero-order valence-electron chi connectivity index (χ0n) is 15.3. The van der Waals surface area contributed by atoms with Crippen LogP contribution in [0.5, 0.6) is 11.5 Å². The summed E-state index contributed by atoms with van der Waals surface area (Å²) in [4.78, 5) is 38.1. The lowest BCUT2D eigenvalue weighted by Crippen LogP contribution is -2.36. The SMILES string of the molecule is COc1cc(/C=C2/SC(=O)N(CC(=O)Nc3cccc(C)c3)C2=O)ccc1O. The average molecular weight is 398 g/mol. The molecule has 3 amide bonds. The summed E-state index contributed by atoms with van der Waals surface area (Å²) in [6.45, 7) is 1.53. The smallest absolute Gasteiger partial charge is 0.294 e. The molecular formula is C20H18N2O5S. The summed E-state index contributed by atoms with van der Waals surface area (Å²) in [5.74, 6) is -0.770. The number of phenols is 1. The van der Waals surface area contributed by atoms with Crippen LogP contribution in [0.15, 0.2) is 47.4 Å². The largest absolute Gasteiger partial charge is 0.504 e. The molecule has 0 bridgehead atoms. The molecule has 0 spiro atoms. The highest BCUT2D eigenvalue weighted by Crippen LogP contribution is 2.34. The van der Waals surface area contributed by atoms with E-state index >= 15 is 0 Å². The predicted molar refractivity (Wildman–Crippen MR) is 107 cm³/mol. The molecule has 2 aromatic rings. The van der Waals surface area contributed by atoms with Gasteiger partial charge < -0.3 is 15.2 Å². The second-order valence-electron chi connectivity index (χ2n) is 6.12. The van der Waals surface area contributed by atoms with Crippen molar-refractivity contribution in [1.29, 1.82) is 0 Å². The molecular weight excluding hydrogens is 380 g/mol. The Hall–Kier alpha value is -3.26. The molecule has 3 rings (SSSR count). The molecule has 1 fully saturated rings. The van der Waals surface area contributed by atoms with E-state index in [2.05, 4.69) is 5.32 Å². The molecule has 7 nitrogen and oxygen atoms in total. The van der Waals surface area contributed by atoms with Gasteiger partial charge >= 0.3 is 0 Å². The highest BCUT2D eigenvalue weighted by atomic mass is 32.2. The van der Waals surface area contributed by atoms with Crippen LogP contribution in [-0.4, -0.2) is 40.7 Å². The second-order valence-corrected chi connectivity index (χ2v) is 7.11. The number of ether oxygens (including phenoxy) is 1. The third-order valence-electron chi connectivity index (χ3n) is 3.98. The molecule has 0 radical (unpaired) electrons. The first kappa shape index (κ1) is 19.5. The Morgan fingerprint density at radius 3 is 2.75 bits per heavy atom. The number of aryl methyl sites for hydroxylation is 1. The van der Waals surface area contributed by atoms with E-state index in [1.54, 1.807) is 30.3 Å². The van der Waals surface area contributed by atoms with Crippen molar-refractivity contribution < 1.29 is 24.2 Å². The number of aromatic hydroxyl groups is 1. The van der Waals surface area contributed by atoms with Gasteiger partial charge in [-0.25, -0.2) is 0 Å². The molecule has 2 N–H and O–H groups in total. The Labute approximate surface area is 166 Å². The average Bonchev–Trinajstić information content (AvgIpc) is 2.90. The molecule has 1 heterocycles. The molecule has 1 aliphatic heterocycles. The van der Waals surface area contributed by atoms with Crippen LogP contribution in [0.25, 0.3) is 6.08 Å². The summed E-state index contributed by atoms with van der Waals surface area (Å²) in [5, 5.41) is 11.8. The molecule has 0 aromatic heterocycles. The lowest BCUT2D eigenvalue weighted by atomic mass is 10.2. The molecule has 0 saturated carbocycles. The summed E-state index contributed by atoms with van der Waals surface area (Å²) < 4.78 is 5.04. The molecule has 2 aromatic carbocycles. The van der Waals surface area contributed by atoms with Gasteiger partial charge in [-0.1, -0.05) is 18.2 Å². The van der Waals surface area contributed by atoms with Gasteiger partial charge in [0.25, 0.3) is 11.1 Å². The number of thioether (sulfide) groups is 1. The summed E-state index contributed by atoms with van der Waals surface area (Å²) in [6, 6.07) is 11.8. The van der Waals surface area contributed by atoms with Crippen LogP contribution >= 0.6 is 11.8 Å². The quantitative estimate of drug-likeness (QED) is 0.750. The topological polar surface area (TPSA) is 95.9 Å². The normalized spacial score (nSPS) is 15.2. The van der Waals surface area contributed by atoms with Crippen LogP contribution < -0.4 is 10.1 Å². The first-order valence-corrected chi connectivity index (χ1v) is 9.18. The van der Waals surface area contributed by atoms with E-state index in [4.69, 9.17) is 4.74 Å². The molecule has 28 heavy (non-hydrogen) atoms. The molecule has 1 aliphatic rings. The summed E-state index contributed by atoms with van der Waals surface area (Å²) in [7, 11) is 1.42. The first-order chi connectivity index (χ1) is 13.4. The summed E-state index contributed by atoms with van der Waals surface area (Å²) >= 11 is 0.760. The molecule has 8 heteroatoms. The van der Waals surface area contributed by atoms with Crippen molar-refractivity contribution in [2.24, 2.45) is 0 Å². The van der Waals surface area contributed by atoms with Crippen molar-refractivity contribution in [2.45, 2.75) is 6.92 Å². The van der Waals surface area contributed by atoms with Gasteiger partial charge in [0.2, 0.25) is 5.91 Å². The van der Waals surface area contributed by atoms with Crippen molar-refractivity contribution in [3.63, 3.8) is 0 Å². The second kappa shape index (κ2) is 8.18. The number of hydrogen-bond donors (Lipinski definition) is 2. The fourth-order valence-corrected chi connectivity index (χ4v) is 3.48. The first-order valence-electron chi connectivity index (χ1n) is 8.36. The fraction of sp³-hybridized carbons (Fsp3) is 0.150. The van der Waals surface area contributed by atoms with Crippen LogP contribution in [0.1, 0.15) is 11.1 Å². The Morgan fingerprint density at radius 2 is 2.04 bits per heavy atom. The summed E-state index contributed by atoms with van der Waals surface area (Å²) in [6.07, 6.45) is 1.52. The number of carbonyl (C=O) groups excluding carboxylic acids is 3. The molecule has 0 aliphatic carbocycles. The number of anilines is 1. The van der Waals surface area contributed by atoms with Crippen molar-refractivity contribution in [3.05, 3.63) is 58.5 Å². The van der Waals surface area contributed by atoms with E-state index in [0.29, 0.717) is 11.3 Å². The molecule has 0 atom stereocenters. The minimum absolute atomic E-state index is 0.0272. The van der Waals surface area contributed by atoms with E-state index in [-0.39, 0.29) is 22.9 Å². The van der Waals surface area contributed by atoms with Crippen molar-refractivity contribution in [2.75, 3.05) is 19.0 Å². The number of carbonyl (C=O) groups is 3. The van der Waals surface area contributed by atoms with Crippen LogP contribution in [0, 0.1) is 6.92 Å². The zero-order valence-corrected chi connectivity index (χ0v) is 16.1. The number of nitrogens with one attached hydrogen (secondary N) is 1. The maximum Gasteiger partial charge on any atom is 0.294 e. The van der Waals surface area contributed by atoms with Gasteiger partial charge in [0.05, 0.1) is 12.0 Å². The van der Waals surface area contributed by atoms with Crippen LogP contribution in [0.2, 0.25) is 0 Å². The third kappa shape index (κ3) is 4.34. The maximum atomic E-state index is 12.5. The fourth-order valence-electron chi connectivity index (χ4n) is 2.64. The van der Waals surface area contributed by atoms with E-state index in [1.165, 1.54) is 19.3 Å². The number of benzene rings is 2. The molecule has 1 saturated heterocycles. The third-order valence-corrected chi connectivity index (χ3v) is 4.89. The van der Waals surface area contributed by atoms with Gasteiger partial charge in [-0.2, -0.15) is 0 Å². The highest BCUT2D eigenvalue weighted by Gasteiger charge is 2.36. The summed E-state index contributed by atoms with van der Waals surface area (Å²) in [5.41, 5.74) is 2.17. The standard InChI is InChI=1S/C20H18N2O5S/c1-12-4-3-5-14(8-12)21-18(24)11-22-19(25)17(28-20(22)26)10-13-6-7-15(23)16(9-13)27-2/h3-10,23H,11H2,1-2H3,(H,21,24)/b17-10+. The Kier molecular flexibility index (Phi) is 5.70. The minimum Gasteiger partial charge on any atom is -0.504 e. The number of amides is 3. The minimum atomic E-state index is -0.540. The van der Waals surface area contributed by atoms with E-state index < -0.39 is 17.1 Å². The molecule has 0 unspecified atom stereocenters. The monoisotopic (exact) mass is 398 g/mol.